The number of carbonyl (C=O) groups excluding carboxylic acids is 2. The van der Waals surface area contributed by atoms with E-state index < -0.39 is 24.4 Å². The van der Waals surface area contributed by atoms with Crippen LogP contribution in [0.25, 0.3) is 0 Å². The molecule has 0 spiro atoms. The molecule has 2 amide bonds. The Hall–Kier alpha value is -1.46. The minimum atomic E-state index is -0.478. The third-order valence-electron chi connectivity index (χ3n) is 2.84. The average Bonchev–Trinajstić information content (AvgIpc) is 2.31. The van der Waals surface area contributed by atoms with Crippen molar-refractivity contribution >= 4 is 12.2 Å². The molecule has 0 aliphatic rings. The Labute approximate surface area is 122 Å². The van der Waals surface area contributed by atoms with E-state index in [-0.39, 0.29) is 11.8 Å². The minimum Gasteiger partial charge on any atom is -0.442 e. The average molecular weight is 288 g/mol. The first-order valence-electron chi connectivity index (χ1n) is 6.83. The van der Waals surface area contributed by atoms with Gasteiger partial charge in [0.05, 0.1) is 0 Å². The highest BCUT2D eigenvalue weighted by Gasteiger charge is 2.34. The highest BCUT2D eigenvalue weighted by molar-refractivity contribution is 5.68. The maximum atomic E-state index is 11.8. The summed E-state index contributed by atoms with van der Waals surface area (Å²) in [4.78, 5) is 26.2. The SMILES string of the molecule is CC(C)C(OC(=O)N(C)C)C(OC(=O)N(C)C)C(C)C. The van der Waals surface area contributed by atoms with Gasteiger partial charge in [-0.15, -0.1) is 0 Å². The Morgan fingerprint density at radius 2 is 0.950 bits per heavy atom. The molecule has 0 aromatic carbocycles. The number of nitrogens with zero attached hydrogens (tertiary/aromatic N) is 2. The van der Waals surface area contributed by atoms with Crippen LogP contribution >= 0.6 is 0 Å². The van der Waals surface area contributed by atoms with Crippen molar-refractivity contribution in [2.45, 2.75) is 39.9 Å². The first kappa shape index (κ1) is 18.5. The standard InChI is InChI=1S/C14H28N2O4/c1-9(2)11(19-13(17)15(5)6)12(10(3)4)20-14(18)16(7)8/h9-12H,1-8H3. The molecule has 6 heteroatoms. The van der Waals surface area contributed by atoms with Crippen LogP contribution < -0.4 is 0 Å². The molecule has 0 saturated heterocycles. The minimum absolute atomic E-state index is 0.0428. The summed E-state index contributed by atoms with van der Waals surface area (Å²) in [6.07, 6.45) is -1.83. The Balaban J connectivity index is 5.05. The molecule has 0 aliphatic carbocycles. The van der Waals surface area contributed by atoms with Gasteiger partial charge >= 0.3 is 12.2 Å². The largest absolute Gasteiger partial charge is 0.442 e. The lowest BCUT2D eigenvalue weighted by Gasteiger charge is -2.33. The predicted molar refractivity (Wildman–Crippen MR) is 77.6 cm³/mol. The molecule has 118 valence electrons. The van der Waals surface area contributed by atoms with Crippen molar-refractivity contribution in [1.82, 2.24) is 9.80 Å². The summed E-state index contributed by atoms with van der Waals surface area (Å²) in [6.45, 7) is 7.75. The van der Waals surface area contributed by atoms with Gasteiger partial charge in [-0.3, -0.25) is 0 Å². The van der Waals surface area contributed by atoms with E-state index in [1.807, 2.05) is 27.7 Å². The fourth-order valence-corrected chi connectivity index (χ4v) is 1.61. The van der Waals surface area contributed by atoms with E-state index >= 15 is 0 Å². The zero-order valence-corrected chi connectivity index (χ0v) is 13.8. The zero-order valence-electron chi connectivity index (χ0n) is 13.8. The molecule has 20 heavy (non-hydrogen) atoms. The summed E-state index contributed by atoms with van der Waals surface area (Å²) >= 11 is 0. The van der Waals surface area contributed by atoms with Crippen molar-refractivity contribution < 1.29 is 19.1 Å². The van der Waals surface area contributed by atoms with Gasteiger partial charge in [0.2, 0.25) is 0 Å². The second-order valence-corrected chi connectivity index (χ2v) is 5.97. The Kier molecular flexibility index (Phi) is 7.39. The van der Waals surface area contributed by atoms with Gasteiger partial charge in [-0.2, -0.15) is 0 Å². The highest BCUT2D eigenvalue weighted by atomic mass is 16.6. The van der Waals surface area contributed by atoms with Gasteiger partial charge in [0, 0.05) is 28.2 Å². The van der Waals surface area contributed by atoms with Crippen molar-refractivity contribution in [2.75, 3.05) is 28.2 Å². The maximum Gasteiger partial charge on any atom is 0.409 e. The van der Waals surface area contributed by atoms with Gasteiger partial charge in [-0.05, 0) is 11.8 Å². The van der Waals surface area contributed by atoms with Gasteiger partial charge in [-0.25, -0.2) is 9.59 Å². The van der Waals surface area contributed by atoms with E-state index in [1.165, 1.54) is 9.80 Å². The van der Waals surface area contributed by atoms with E-state index in [0.29, 0.717) is 0 Å². The van der Waals surface area contributed by atoms with Crippen molar-refractivity contribution in [3.8, 4) is 0 Å². The van der Waals surface area contributed by atoms with Gasteiger partial charge in [-0.1, -0.05) is 27.7 Å². The molecule has 0 aromatic heterocycles. The molecule has 0 rings (SSSR count). The fraction of sp³-hybridized carbons (Fsp3) is 0.857. The number of rotatable bonds is 5. The molecule has 0 saturated carbocycles. The topological polar surface area (TPSA) is 59.1 Å². The van der Waals surface area contributed by atoms with E-state index in [0.717, 1.165) is 0 Å². The van der Waals surface area contributed by atoms with E-state index in [2.05, 4.69) is 0 Å². The third kappa shape index (κ3) is 5.67. The van der Waals surface area contributed by atoms with Crippen LogP contribution in [0.3, 0.4) is 0 Å². The first-order valence-corrected chi connectivity index (χ1v) is 6.83. The van der Waals surface area contributed by atoms with Crippen LogP contribution in [-0.2, 0) is 9.47 Å². The first-order chi connectivity index (χ1) is 9.07. The lowest BCUT2D eigenvalue weighted by atomic mass is 9.93. The molecular weight excluding hydrogens is 260 g/mol. The Morgan fingerprint density at radius 1 is 0.700 bits per heavy atom. The van der Waals surface area contributed by atoms with Crippen LogP contribution in [0.4, 0.5) is 9.59 Å². The second-order valence-electron chi connectivity index (χ2n) is 5.97. The number of hydrogen-bond acceptors (Lipinski definition) is 4. The lowest BCUT2D eigenvalue weighted by molar-refractivity contribution is -0.0610. The summed E-state index contributed by atoms with van der Waals surface area (Å²) in [5, 5.41) is 0. The molecule has 0 radical (unpaired) electrons. The molecule has 2 atom stereocenters. The fourth-order valence-electron chi connectivity index (χ4n) is 1.61. The Morgan fingerprint density at radius 3 is 1.10 bits per heavy atom. The van der Waals surface area contributed by atoms with Crippen LogP contribution in [0.1, 0.15) is 27.7 Å². The summed E-state index contributed by atoms with van der Waals surface area (Å²) in [5.74, 6) is 0.0857. The normalized spacial score (nSPS) is 13.9. The van der Waals surface area contributed by atoms with Gasteiger partial charge in [0.25, 0.3) is 0 Å². The number of carbonyl (C=O) groups is 2. The van der Waals surface area contributed by atoms with E-state index in [4.69, 9.17) is 9.47 Å². The van der Waals surface area contributed by atoms with Crippen molar-refractivity contribution in [3.05, 3.63) is 0 Å². The summed E-state index contributed by atoms with van der Waals surface area (Å²) in [7, 11) is 6.48. The molecule has 0 bridgehead atoms. The monoisotopic (exact) mass is 288 g/mol. The van der Waals surface area contributed by atoms with Gasteiger partial charge in [0.1, 0.15) is 12.2 Å². The summed E-state index contributed by atoms with van der Waals surface area (Å²) in [5.41, 5.74) is 0. The second kappa shape index (κ2) is 7.97. The summed E-state index contributed by atoms with van der Waals surface area (Å²) < 4.78 is 10.9. The molecule has 6 nitrogen and oxygen atoms in total. The van der Waals surface area contributed by atoms with Crippen molar-refractivity contribution in [1.29, 1.82) is 0 Å². The van der Waals surface area contributed by atoms with Crippen LogP contribution in [0.5, 0.6) is 0 Å². The summed E-state index contributed by atoms with van der Waals surface area (Å²) in [6, 6.07) is 0. The quantitative estimate of drug-likeness (QED) is 0.779. The van der Waals surface area contributed by atoms with Gasteiger partial charge in [0.15, 0.2) is 0 Å². The van der Waals surface area contributed by atoms with Crippen LogP contribution in [0.2, 0.25) is 0 Å². The van der Waals surface area contributed by atoms with Crippen LogP contribution in [0.15, 0.2) is 0 Å². The molecule has 0 aromatic rings. The smallest absolute Gasteiger partial charge is 0.409 e. The number of hydrogen-bond donors (Lipinski definition) is 0. The highest BCUT2D eigenvalue weighted by Crippen LogP contribution is 2.22. The molecule has 0 aliphatic heterocycles. The van der Waals surface area contributed by atoms with Crippen LogP contribution in [0, 0.1) is 11.8 Å². The maximum absolute atomic E-state index is 11.8. The van der Waals surface area contributed by atoms with Gasteiger partial charge < -0.3 is 19.3 Å². The lowest BCUT2D eigenvalue weighted by Crippen LogP contribution is -2.45. The van der Waals surface area contributed by atoms with Crippen molar-refractivity contribution in [2.24, 2.45) is 11.8 Å². The molecular formula is C14H28N2O4. The van der Waals surface area contributed by atoms with Crippen LogP contribution in [-0.4, -0.2) is 62.4 Å². The van der Waals surface area contributed by atoms with Crippen molar-refractivity contribution in [3.63, 3.8) is 0 Å². The molecule has 2 unspecified atom stereocenters. The predicted octanol–water partition coefficient (Wildman–Crippen LogP) is 2.43. The Bertz CT molecular complexity index is 295. The molecule has 0 N–H and O–H groups in total. The zero-order chi connectivity index (χ0) is 16.0. The van der Waals surface area contributed by atoms with E-state index in [9.17, 15) is 9.59 Å². The third-order valence-corrected chi connectivity index (χ3v) is 2.84. The molecule has 0 fully saturated rings. The van der Waals surface area contributed by atoms with E-state index in [1.54, 1.807) is 28.2 Å². The number of ether oxygens (including phenoxy) is 2. The molecule has 0 heterocycles. The number of amides is 2.